The lowest BCUT2D eigenvalue weighted by molar-refractivity contribution is 0.0824. The third-order valence-corrected chi connectivity index (χ3v) is 3.80. The number of carbonyl (C=O) groups is 1. The summed E-state index contributed by atoms with van der Waals surface area (Å²) in [6.07, 6.45) is 8.66. The fraction of sp³-hybridized carbons (Fsp3) is 0.667. The Morgan fingerprint density at radius 1 is 1.38 bits per heavy atom. The van der Waals surface area contributed by atoms with Crippen LogP contribution in [0.1, 0.15) is 42.5 Å². The van der Waals surface area contributed by atoms with Crippen LogP contribution < -0.4 is 5.32 Å². The number of nitrogens with one attached hydrogen (secondary N) is 1. The number of rotatable bonds is 2. The van der Waals surface area contributed by atoms with E-state index in [1.165, 1.54) is 31.7 Å². The Balaban J connectivity index is 1.73. The summed E-state index contributed by atoms with van der Waals surface area (Å²) in [6.45, 7) is 0. The standard InChI is InChI=1S/C12H16N2O2/c15-12(9-6-13-16-7-9)8-4-10-2-1-3-11(5-8)14-10/h6-8,10-11,14H,1-5H2. The van der Waals surface area contributed by atoms with Gasteiger partial charge in [0.15, 0.2) is 5.78 Å². The molecule has 0 radical (unpaired) electrons. The second-order valence-electron chi connectivity index (χ2n) is 4.94. The first-order valence-corrected chi connectivity index (χ1v) is 6.02. The van der Waals surface area contributed by atoms with Gasteiger partial charge >= 0.3 is 0 Å². The molecule has 3 rings (SSSR count). The number of carbonyl (C=O) groups excluding carboxylic acids is 1. The monoisotopic (exact) mass is 220 g/mol. The zero-order valence-corrected chi connectivity index (χ0v) is 9.19. The van der Waals surface area contributed by atoms with Crippen molar-refractivity contribution in [2.45, 2.75) is 44.2 Å². The van der Waals surface area contributed by atoms with E-state index in [9.17, 15) is 4.79 Å². The van der Waals surface area contributed by atoms with Crippen molar-refractivity contribution in [2.24, 2.45) is 5.92 Å². The number of nitrogens with zero attached hydrogens (tertiary/aromatic N) is 1. The molecule has 2 bridgehead atoms. The van der Waals surface area contributed by atoms with E-state index in [0.717, 1.165) is 12.8 Å². The van der Waals surface area contributed by atoms with E-state index in [4.69, 9.17) is 4.52 Å². The van der Waals surface area contributed by atoms with Gasteiger partial charge in [0.1, 0.15) is 6.26 Å². The number of Topliss-reactive ketones (excluding diaryl/α,β-unsaturated/α-hetero) is 1. The largest absolute Gasteiger partial charge is 0.364 e. The topological polar surface area (TPSA) is 55.1 Å². The zero-order chi connectivity index (χ0) is 11.0. The second-order valence-corrected chi connectivity index (χ2v) is 4.94. The van der Waals surface area contributed by atoms with Crippen molar-refractivity contribution in [3.05, 3.63) is 18.0 Å². The molecule has 0 saturated carbocycles. The van der Waals surface area contributed by atoms with Crippen LogP contribution in [0.2, 0.25) is 0 Å². The molecular weight excluding hydrogens is 204 g/mol. The number of piperidine rings is 2. The smallest absolute Gasteiger partial charge is 0.170 e. The number of fused-ring (bicyclic) bond motifs is 2. The molecule has 0 aromatic carbocycles. The highest BCUT2D eigenvalue weighted by Crippen LogP contribution is 2.31. The summed E-state index contributed by atoms with van der Waals surface area (Å²) in [6, 6.07) is 1.09. The van der Waals surface area contributed by atoms with Crippen LogP contribution in [0, 0.1) is 5.92 Å². The van der Waals surface area contributed by atoms with Crippen molar-refractivity contribution in [1.82, 2.24) is 10.5 Å². The van der Waals surface area contributed by atoms with E-state index >= 15 is 0 Å². The molecule has 1 N–H and O–H groups in total. The molecule has 2 aliphatic rings. The molecule has 1 aromatic rings. The van der Waals surface area contributed by atoms with Gasteiger partial charge in [-0.1, -0.05) is 11.6 Å². The Labute approximate surface area is 94.4 Å². The third kappa shape index (κ3) is 1.78. The fourth-order valence-electron chi connectivity index (χ4n) is 3.04. The maximum Gasteiger partial charge on any atom is 0.170 e. The van der Waals surface area contributed by atoms with Crippen molar-refractivity contribution >= 4 is 5.78 Å². The predicted molar refractivity (Wildman–Crippen MR) is 58.1 cm³/mol. The predicted octanol–water partition coefficient (Wildman–Crippen LogP) is 1.78. The molecule has 16 heavy (non-hydrogen) atoms. The molecule has 2 fully saturated rings. The van der Waals surface area contributed by atoms with Crippen LogP contribution in [0.25, 0.3) is 0 Å². The molecule has 0 spiro atoms. The highest BCUT2D eigenvalue weighted by atomic mass is 16.5. The second kappa shape index (κ2) is 4.01. The van der Waals surface area contributed by atoms with Crippen LogP contribution in [-0.4, -0.2) is 23.0 Å². The highest BCUT2D eigenvalue weighted by Gasteiger charge is 2.35. The van der Waals surface area contributed by atoms with E-state index in [2.05, 4.69) is 10.5 Å². The van der Waals surface area contributed by atoms with Gasteiger partial charge in [0.25, 0.3) is 0 Å². The minimum Gasteiger partial charge on any atom is -0.364 e. The summed E-state index contributed by atoms with van der Waals surface area (Å²) in [5, 5.41) is 7.19. The van der Waals surface area contributed by atoms with Crippen LogP contribution in [-0.2, 0) is 0 Å². The molecule has 2 atom stereocenters. The number of hydrogen-bond donors (Lipinski definition) is 1. The molecule has 0 amide bonds. The van der Waals surface area contributed by atoms with Gasteiger partial charge in [0.05, 0.1) is 11.8 Å². The Morgan fingerprint density at radius 3 is 2.75 bits per heavy atom. The Bertz CT molecular complexity index is 362. The summed E-state index contributed by atoms with van der Waals surface area (Å²) in [5.41, 5.74) is 0.630. The maximum absolute atomic E-state index is 12.2. The van der Waals surface area contributed by atoms with Gasteiger partial charge in [-0.05, 0) is 25.7 Å². The van der Waals surface area contributed by atoms with Crippen molar-refractivity contribution in [3.8, 4) is 0 Å². The normalized spacial score (nSPS) is 33.6. The SMILES string of the molecule is O=C(c1cnoc1)C1CC2CCCC(C1)N2. The summed E-state index contributed by atoms with van der Waals surface area (Å²) in [7, 11) is 0. The van der Waals surface area contributed by atoms with Gasteiger partial charge in [0.2, 0.25) is 0 Å². The Kier molecular flexibility index (Phi) is 2.52. The Morgan fingerprint density at radius 2 is 2.12 bits per heavy atom. The lowest BCUT2D eigenvalue weighted by Crippen LogP contribution is -2.50. The molecule has 3 heterocycles. The zero-order valence-electron chi connectivity index (χ0n) is 9.19. The molecule has 4 heteroatoms. The highest BCUT2D eigenvalue weighted by molar-refractivity contribution is 5.97. The first kappa shape index (κ1) is 10.0. The third-order valence-electron chi connectivity index (χ3n) is 3.80. The summed E-state index contributed by atoms with van der Waals surface area (Å²) in [5.74, 6) is 0.371. The molecule has 4 nitrogen and oxygen atoms in total. The van der Waals surface area contributed by atoms with Gasteiger partial charge in [-0.25, -0.2) is 0 Å². The van der Waals surface area contributed by atoms with E-state index in [-0.39, 0.29) is 11.7 Å². The van der Waals surface area contributed by atoms with E-state index in [0.29, 0.717) is 17.6 Å². The lowest BCUT2D eigenvalue weighted by atomic mass is 9.77. The molecular formula is C12H16N2O2. The first-order valence-electron chi connectivity index (χ1n) is 6.02. The quantitative estimate of drug-likeness (QED) is 0.772. The number of ketones is 1. The Hall–Kier alpha value is -1.16. The van der Waals surface area contributed by atoms with Crippen LogP contribution in [0.15, 0.2) is 17.0 Å². The van der Waals surface area contributed by atoms with Crippen LogP contribution in [0.3, 0.4) is 0 Å². The van der Waals surface area contributed by atoms with Crippen molar-refractivity contribution in [3.63, 3.8) is 0 Å². The lowest BCUT2D eigenvalue weighted by Gasteiger charge is -2.39. The van der Waals surface area contributed by atoms with Gasteiger partial charge in [-0.2, -0.15) is 0 Å². The van der Waals surface area contributed by atoms with Crippen LogP contribution in [0.4, 0.5) is 0 Å². The summed E-state index contributed by atoms with van der Waals surface area (Å²) < 4.78 is 4.73. The van der Waals surface area contributed by atoms with Crippen molar-refractivity contribution in [1.29, 1.82) is 0 Å². The van der Waals surface area contributed by atoms with Gasteiger partial charge < -0.3 is 9.84 Å². The minimum absolute atomic E-state index is 0.163. The number of hydrogen-bond acceptors (Lipinski definition) is 4. The molecule has 1 aromatic heterocycles. The maximum atomic E-state index is 12.2. The van der Waals surface area contributed by atoms with Gasteiger partial charge in [-0.15, -0.1) is 0 Å². The number of aromatic nitrogens is 1. The van der Waals surface area contributed by atoms with Crippen molar-refractivity contribution in [2.75, 3.05) is 0 Å². The van der Waals surface area contributed by atoms with Gasteiger partial charge in [-0.3, -0.25) is 4.79 Å². The van der Waals surface area contributed by atoms with Crippen molar-refractivity contribution < 1.29 is 9.32 Å². The summed E-state index contributed by atoms with van der Waals surface area (Å²) in [4.78, 5) is 12.2. The molecule has 0 aliphatic carbocycles. The fourth-order valence-corrected chi connectivity index (χ4v) is 3.04. The van der Waals surface area contributed by atoms with Crippen LogP contribution >= 0.6 is 0 Å². The first-order chi connectivity index (χ1) is 7.83. The average Bonchev–Trinajstić information content (AvgIpc) is 2.81. The van der Waals surface area contributed by atoms with Crippen LogP contribution in [0.5, 0.6) is 0 Å². The molecule has 2 aliphatic heterocycles. The van der Waals surface area contributed by atoms with E-state index in [1.54, 1.807) is 0 Å². The average molecular weight is 220 g/mol. The molecule has 2 unspecified atom stereocenters. The molecule has 2 saturated heterocycles. The van der Waals surface area contributed by atoms with E-state index in [1.807, 2.05) is 0 Å². The molecule has 86 valence electrons. The minimum atomic E-state index is 0.163. The van der Waals surface area contributed by atoms with E-state index < -0.39 is 0 Å². The summed E-state index contributed by atoms with van der Waals surface area (Å²) >= 11 is 0. The van der Waals surface area contributed by atoms with Gasteiger partial charge in [0, 0.05) is 18.0 Å².